The van der Waals surface area contributed by atoms with Crippen molar-refractivity contribution < 1.29 is 9.18 Å². The molecule has 0 bridgehead atoms. The van der Waals surface area contributed by atoms with Gasteiger partial charge in [-0.15, -0.1) is 10.2 Å². The Kier molecular flexibility index (Phi) is 5.60. The molecule has 1 aliphatic rings. The molecule has 1 saturated heterocycles. The third-order valence-corrected chi connectivity index (χ3v) is 4.57. The molecular weight excluding hydrogens is 335 g/mol. The molecule has 2 aromatic heterocycles. The highest BCUT2D eigenvalue weighted by Gasteiger charge is 2.23. The molecule has 0 atom stereocenters. The third-order valence-electron chi connectivity index (χ3n) is 4.57. The van der Waals surface area contributed by atoms with Gasteiger partial charge in [-0.2, -0.15) is 0 Å². The Morgan fingerprint density at radius 2 is 1.85 bits per heavy atom. The molecule has 0 unspecified atom stereocenters. The van der Waals surface area contributed by atoms with Crippen molar-refractivity contribution in [1.82, 2.24) is 20.1 Å². The number of hydrogen-bond donors (Lipinski definition) is 0. The van der Waals surface area contributed by atoms with Crippen molar-refractivity contribution in [1.29, 1.82) is 0 Å². The van der Waals surface area contributed by atoms with Gasteiger partial charge in [-0.3, -0.25) is 9.78 Å². The zero-order chi connectivity index (χ0) is 18.5. The summed E-state index contributed by atoms with van der Waals surface area (Å²) in [4.78, 5) is 22.1. The van der Waals surface area contributed by atoms with Crippen LogP contribution in [0.5, 0.6) is 0 Å². The summed E-state index contributed by atoms with van der Waals surface area (Å²) in [6.07, 6.45) is 2.49. The number of rotatable bonds is 5. The van der Waals surface area contributed by atoms with Crippen molar-refractivity contribution in [3.05, 3.63) is 42.0 Å². The topological polar surface area (TPSA) is 65.5 Å². The zero-order valence-electron chi connectivity index (χ0n) is 15.1. The first kappa shape index (κ1) is 18.0. The van der Waals surface area contributed by atoms with Crippen molar-refractivity contribution in [3.63, 3.8) is 0 Å². The summed E-state index contributed by atoms with van der Waals surface area (Å²) in [5, 5.41) is 8.64. The third kappa shape index (κ3) is 3.89. The molecule has 0 aromatic carbocycles. The zero-order valence-corrected chi connectivity index (χ0v) is 15.1. The molecule has 1 fully saturated rings. The smallest absolute Gasteiger partial charge is 0.255 e. The molecule has 3 heterocycles. The Labute approximate surface area is 152 Å². The van der Waals surface area contributed by atoms with Crippen LogP contribution < -0.4 is 9.80 Å². The summed E-state index contributed by atoms with van der Waals surface area (Å²) in [5.74, 6) is 0.976. The fraction of sp³-hybridized carbons (Fsp3) is 0.444. The number of anilines is 2. The monoisotopic (exact) mass is 358 g/mol. The van der Waals surface area contributed by atoms with Crippen LogP contribution in [0.3, 0.4) is 0 Å². The lowest BCUT2D eigenvalue weighted by atomic mass is 10.2. The van der Waals surface area contributed by atoms with Gasteiger partial charge in [-0.25, -0.2) is 4.39 Å². The van der Waals surface area contributed by atoms with E-state index in [1.807, 2.05) is 12.1 Å². The first-order valence-electron chi connectivity index (χ1n) is 8.85. The van der Waals surface area contributed by atoms with Crippen LogP contribution in [-0.2, 0) is 0 Å². The number of carbonyl (C=O) groups is 1. The molecule has 26 heavy (non-hydrogen) atoms. The Morgan fingerprint density at radius 3 is 2.42 bits per heavy atom. The summed E-state index contributed by atoms with van der Waals surface area (Å²) < 4.78 is 13.3. The standard InChI is InChI=1S/C18H23FN6O/c1-3-23(4-2)16-5-6-17(22-21-16)24-7-9-25(10-8-24)18(26)14-11-15(19)13-20-12-14/h5-6,11-13H,3-4,7-10H2,1-2H3. The minimum Gasteiger partial charge on any atom is -0.356 e. The van der Waals surface area contributed by atoms with E-state index in [9.17, 15) is 9.18 Å². The second kappa shape index (κ2) is 8.07. The van der Waals surface area contributed by atoms with Gasteiger partial charge in [0.1, 0.15) is 5.82 Å². The summed E-state index contributed by atoms with van der Waals surface area (Å²) in [7, 11) is 0. The highest BCUT2D eigenvalue weighted by molar-refractivity contribution is 5.94. The number of halogens is 1. The number of hydrogen-bond acceptors (Lipinski definition) is 6. The van der Waals surface area contributed by atoms with E-state index in [-0.39, 0.29) is 11.5 Å². The molecule has 0 saturated carbocycles. The Bertz CT molecular complexity index is 742. The number of piperazine rings is 1. The lowest BCUT2D eigenvalue weighted by molar-refractivity contribution is 0.0745. The Morgan fingerprint density at radius 1 is 1.12 bits per heavy atom. The molecule has 7 nitrogen and oxygen atoms in total. The van der Waals surface area contributed by atoms with E-state index >= 15 is 0 Å². The van der Waals surface area contributed by atoms with Crippen LogP contribution in [-0.4, -0.2) is 65.3 Å². The summed E-state index contributed by atoms with van der Waals surface area (Å²) in [6, 6.07) is 5.17. The maximum atomic E-state index is 13.3. The normalized spacial score (nSPS) is 14.4. The van der Waals surface area contributed by atoms with Crippen LogP contribution in [0.25, 0.3) is 0 Å². The van der Waals surface area contributed by atoms with E-state index in [1.54, 1.807) is 4.90 Å². The molecule has 0 aliphatic carbocycles. The molecule has 1 amide bonds. The van der Waals surface area contributed by atoms with Gasteiger partial charge in [0, 0.05) is 45.5 Å². The van der Waals surface area contributed by atoms with Gasteiger partial charge >= 0.3 is 0 Å². The first-order chi connectivity index (χ1) is 12.6. The molecule has 2 aromatic rings. The number of amides is 1. The van der Waals surface area contributed by atoms with Crippen molar-refractivity contribution in [3.8, 4) is 0 Å². The maximum absolute atomic E-state index is 13.3. The van der Waals surface area contributed by atoms with E-state index in [2.05, 4.69) is 38.8 Å². The number of carbonyl (C=O) groups excluding carboxylic acids is 1. The van der Waals surface area contributed by atoms with E-state index in [1.165, 1.54) is 12.3 Å². The van der Waals surface area contributed by atoms with Crippen molar-refractivity contribution >= 4 is 17.5 Å². The largest absolute Gasteiger partial charge is 0.356 e. The molecule has 138 valence electrons. The maximum Gasteiger partial charge on any atom is 0.255 e. The number of nitrogens with zero attached hydrogens (tertiary/aromatic N) is 6. The minimum absolute atomic E-state index is 0.195. The van der Waals surface area contributed by atoms with E-state index in [4.69, 9.17) is 0 Å². The van der Waals surface area contributed by atoms with Crippen LogP contribution in [0.4, 0.5) is 16.0 Å². The minimum atomic E-state index is -0.502. The quantitative estimate of drug-likeness (QED) is 0.812. The predicted molar refractivity (Wildman–Crippen MR) is 97.9 cm³/mol. The molecule has 3 rings (SSSR count). The molecule has 0 N–H and O–H groups in total. The molecule has 0 radical (unpaired) electrons. The molecule has 8 heteroatoms. The molecular formula is C18H23FN6O. The van der Waals surface area contributed by atoms with Crippen LogP contribution in [0, 0.1) is 5.82 Å². The number of aromatic nitrogens is 3. The van der Waals surface area contributed by atoms with Crippen LogP contribution in [0.1, 0.15) is 24.2 Å². The van der Waals surface area contributed by atoms with Crippen LogP contribution in [0.2, 0.25) is 0 Å². The SMILES string of the molecule is CCN(CC)c1ccc(N2CCN(C(=O)c3cncc(F)c3)CC2)nn1. The van der Waals surface area contributed by atoms with Crippen molar-refractivity contribution in [2.45, 2.75) is 13.8 Å². The summed E-state index contributed by atoms with van der Waals surface area (Å²) in [5.41, 5.74) is 0.279. The highest BCUT2D eigenvalue weighted by Crippen LogP contribution is 2.17. The fourth-order valence-electron chi connectivity index (χ4n) is 3.05. The van der Waals surface area contributed by atoms with Crippen LogP contribution >= 0.6 is 0 Å². The van der Waals surface area contributed by atoms with E-state index < -0.39 is 5.82 Å². The predicted octanol–water partition coefficient (Wildman–Crippen LogP) is 1.82. The van der Waals surface area contributed by atoms with Gasteiger partial charge in [-0.1, -0.05) is 0 Å². The van der Waals surface area contributed by atoms with Crippen molar-refractivity contribution in [2.24, 2.45) is 0 Å². The van der Waals surface area contributed by atoms with Gasteiger partial charge in [-0.05, 0) is 32.0 Å². The molecule has 0 spiro atoms. The van der Waals surface area contributed by atoms with Gasteiger partial charge in [0.05, 0.1) is 11.8 Å². The van der Waals surface area contributed by atoms with Gasteiger partial charge in [0.2, 0.25) is 0 Å². The van der Waals surface area contributed by atoms with Gasteiger partial charge < -0.3 is 14.7 Å². The second-order valence-corrected chi connectivity index (χ2v) is 6.09. The average Bonchev–Trinajstić information content (AvgIpc) is 2.69. The Hall–Kier alpha value is -2.77. The summed E-state index contributed by atoms with van der Waals surface area (Å²) in [6.45, 7) is 8.37. The van der Waals surface area contributed by atoms with Gasteiger partial charge in [0.25, 0.3) is 5.91 Å². The summed E-state index contributed by atoms with van der Waals surface area (Å²) >= 11 is 0. The fourth-order valence-corrected chi connectivity index (χ4v) is 3.05. The number of pyridine rings is 1. The highest BCUT2D eigenvalue weighted by atomic mass is 19.1. The second-order valence-electron chi connectivity index (χ2n) is 6.09. The van der Waals surface area contributed by atoms with E-state index in [0.717, 1.165) is 30.9 Å². The van der Waals surface area contributed by atoms with Gasteiger partial charge in [0.15, 0.2) is 11.6 Å². The average molecular weight is 358 g/mol. The van der Waals surface area contributed by atoms with E-state index in [0.29, 0.717) is 26.2 Å². The first-order valence-corrected chi connectivity index (χ1v) is 8.85. The van der Waals surface area contributed by atoms with Crippen molar-refractivity contribution in [2.75, 3.05) is 49.1 Å². The molecule has 1 aliphatic heterocycles. The lowest BCUT2D eigenvalue weighted by Gasteiger charge is -2.35. The van der Waals surface area contributed by atoms with Crippen LogP contribution in [0.15, 0.2) is 30.6 Å². The lowest BCUT2D eigenvalue weighted by Crippen LogP contribution is -2.49. The Balaban J connectivity index is 1.60.